The van der Waals surface area contributed by atoms with Crippen LogP contribution in [0.1, 0.15) is 0 Å². The topological polar surface area (TPSA) is 52.3 Å². The van der Waals surface area contributed by atoms with Crippen molar-refractivity contribution in [3.8, 4) is 0 Å². The summed E-state index contributed by atoms with van der Waals surface area (Å²) < 4.78 is 4.46. The van der Waals surface area contributed by atoms with Crippen LogP contribution in [0.15, 0.2) is 36.6 Å². The molecule has 0 heterocycles. The second-order valence-electron chi connectivity index (χ2n) is 1.71. The van der Waals surface area contributed by atoms with Gasteiger partial charge in [0.25, 0.3) is 0 Å². The van der Waals surface area contributed by atoms with E-state index in [1.54, 1.807) is 0 Å². The largest absolute Gasteiger partial charge is 0.465 e. The summed E-state index contributed by atoms with van der Waals surface area (Å²) >= 11 is 0. The molecule has 60 valence electrons. The molecule has 0 radical (unpaired) electrons. The summed E-state index contributed by atoms with van der Waals surface area (Å²) in [6.07, 6.45) is 5.74. The fourth-order valence-corrected chi connectivity index (χ4v) is 0.540. The lowest BCUT2D eigenvalue weighted by Gasteiger charge is -1.96. The van der Waals surface area contributed by atoms with Crippen molar-refractivity contribution in [1.82, 2.24) is 0 Å². The van der Waals surface area contributed by atoms with Gasteiger partial charge in [0.05, 0.1) is 12.7 Å². The average Bonchev–Trinajstić information content (AvgIpc) is 2.03. The van der Waals surface area contributed by atoms with Crippen LogP contribution in [0.2, 0.25) is 0 Å². The van der Waals surface area contributed by atoms with Crippen molar-refractivity contribution in [3.63, 3.8) is 0 Å². The normalized spacial score (nSPS) is 11.5. The Hall–Kier alpha value is -1.51. The van der Waals surface area contributed by atoms with E-state index in [9.17, 15) is 4.79 Å². The number of hydrogen-bond acceptors (Lipinski definition) is 3. The third kappa shape index (κ3) is 3.25. The Bertz CT molecular complexity index is 204. The lowest BCUT2D eigenvalue weighted by Crippen LogP contribution is -2.02. The van der Waals surface area contributed by atoms with Crippen LogP contribution in [0.3, 0.4) is 0 Å². The van der Waals surface area contributed by atoms with Gasteiger partial charge in [0.2, 0.25) is 0 Å². The highest BCUT2D eigenvalue weighted by Crippen LogP contribution is 1.98. The SMILES string of the molecule is C=C/C=C(\C=C/N)C(=O)OC. The average molecular weight is 153 g/mol. The predicted octanol–water partition coefficient (Wildman–Crippen LogP) is 0.744. The second kappa shape index (κ2) is 5.29. The third-order valence-corrected chi connectivity index (χ3v) is 0.994. The van der Waals surface area contributed by atoms with Crippen LogP contribution in [0.5, 0.6) is 0 Å². The first kappa shape index (κ1) is 9.49. The zero-order valence-electron chi connectivity index (χ0n) is 6.41. The highest BCUT2D eigenvalue weighted by molar-refractivity contribution is 5.91. The molecule has 0 rings (SSSR count). The van der Waals surface area contributed by atoms with Crippen LogP contribution in [-0.4, -0.2) is 13.1 Å². The minimum Gasteiger partial charge on any atom is -0.465 e. The number of carbonyl (C=O) groups is 1. The van der Waals surface area contributed by atoms with Gasteiger partial charge in [-0.15, -0.1) is 0 Å². The smallest absolute Gasteiger partial charge is 0.337 e. The number of rotatable bonds is 3. The van der Waals surface area contributed by atoms with Gasteiger partial charge in [-0.2, -0.15) is 0 Å². The molecule has 0 aliphatic heterocycles. The highest BCUT2D eigenvalue weighted by Gasteiger charge is 2.02. The minimum atomic E-state index is -0.424. The van der Waals surface area contributed by atoms with E-state index in [1.165, 1.54) is 31.5 Å². The van der Waals surface area contributed by atoms with Gasteiger partial charge in [0.1, 0.15) is 0 Å². The molecule has 2 N–H and O–H groups in total. The highest BCUT2D eigenvalue weighted by atomic mass is 16.5. The molecule has 0 aliphatic carbocycles. The first-order valence-corrected chi connectivity index (χ1v) is 3.05. The lowest BCUT2D eigenvalue weighted by atomic mass is 10.2. The molecule has 0 unspecified atom stereocenters. The van der Waals surface area contributed by atoms with Gasteiger partial charge < -0.3 is 10.5 Å². The third-order valence-electron chi connectivity index (χ3n) is 0.994. The quantitative estimate of drug-likeness (QED) is 0.369. The fraction of sp³-hybridized carbons (Fsp3) is 0.125. The monoisotopic (exact) mass is 153 g/mol. The maximum Gasteiger partial charge on any atom is 0.337 e. The van der Waals surface area contributed by atoms with Gasteiger partial charge in [-0.05, 0) is 18.4 Å². The Morgan fingerprint density at radius 3 is 2.64 bits per heavy atom. The van der Waals surface area contributed by atoms with Crippen molar-refractivity contribution in [2.24, 2.45) is 5.73 Å². The van der Waals surface area contributed by atoms with E-state index in [0.29, 0.717) is 5.57 Å². The van der Waals surface area contributed by atoms with Crippen molar-refractivity contribution in [3.05, 3.63) is 36.6 Å². The molecule has 3 heteroatoms. The van der Waals surface area contributed by atoms with Gasteiger partial charge in [-0.25, -0.2) is 4.79 Å². The van der Waals surface area contributed by atoms with Crippen molar-refractivity contribution < 1.29 is 9.53 Å². The van der Waals surface area contributed by atoms with Crippen LogP contribution < -0.4 is 5.73 Å². The molecule has 0 aromatic carbocycles. The molecule has 0 amide bonds. The number of esters is 1. The van der Waals surface area contributed by atoms with E-state index in [2.05, 4.69) is 11.3 Å². The van der Waals surface area contributed by atoms with Gasteiger partial charge >= 0.3 is 5.97 Å². The van der Waals surface area contributed by atoms with Crippen molar-refractivity contribution in [2.45, 2.75) is 0 Å². The molecule has 0 fully saturated rings. The fourth-order valence-electron chi connectivity index (χ4n) is 0.540. The van der Waals surface area contributed by atoms with Crippen LogP contribution in [-0.2, 0) is 9.53 Å². The van der Waals surface area contributed by atoms with Crippen molar-refractivity contribution in [2.75, 3.05) is 7.11 Å². The molecular formula is C8H11NO2. The molecule has 0 aromatic heterocycles. The summed E-state index contributed by atoms with van der Waals surface area (Å²) in [7, 11) is 1.31. The number of ether oxygens (including phenoxy) is 1. The number of hydrogen-bond donors (Lipinski definition) is 1. The molecule has 0 aromatic rings. The summed E-state index contributed by atoms with van der Waals surface area (Å²) in [5, 5.41) is 0. The second-order valence-corrected chi connectivity index (χ2v) is 1.71. The maximum absolute atomic E-state index is 10.8. The summed E-state index contributed by atoms with van der Waals surface area (Å²) in [5.74, 6) is -0.424. The molecule has 11 heavy (non-hydrogen) atoms. The predicted molar refractivity (Wildman–Crippen MR) is 43.6 cm³/mol. The summed E-state index contributed by atoms with van der Waals surface area (Å²) in [4.78, 5) is 10.8. The van der Waals surface area contributed by atoms with E-state index >= 15 is 0 Å². The van der Waals surface area contributed by atoms with E-state index < -0.39 is 5.97 Å². The van der Waals surface area contributed by atoms with Crippen LogP contribution >= 0.6 is 0 Å². The summed E-state index contributed by atoms with van der Waals surface area (Å²) in [5.41, 5.74) is 5.47. The Kier molecular flexibility index (Phi) is 4.56. The van der Waals surface area contributed by atoms with E-state index in [0.717, 1.165) is 0 Å². The van der Waals surface area contributed by atoms with Crippen molar-refractivity contribution in [1.29, 1.82) is 0 Å². The Morgan fingerprint density at radius 1 is 1.64 bits per heavy atom. The number of allylic oxidation sites excluding steroid dienone is 2. The first-order valence-electron chi connectivity index (χ1n) is 3.05. The van der Waals surface area contributed by atoms with Crippen LogP contribution in [0.4, 0.5) is 0 Å². The molecule has 3 nitrogen and oxygen atoms in total. The van der Waals surface area contributed by atoms with Gasteiger partial charge in [0.15, 0.2) is 0 Å². The molecule has 0 bridgehead atoms. The molecule has 0 saturated carbocycles. The molecular weight excluding hydrogens is 142 g/mol. The number of nitrogens with two attached hydrogens (primary N) is 1. The zero-order chi connectivity index (χ0) is 8.69. The van der Waals surface area contributed by atoms with Crippen molar-refractivity contribution >= 4 is 5.97 Å². The first-order chi connectivity index (χ1) is 5.26. The van der Waals surface area contributed by atoms with Gasteiger partial charge in [-0.3, -0.25) is 0 Å². The lowest BCUT2D eigenvalue weighted by molar-refractivity contribution is -0.135. The maximum atomic E-state index is 10.8. The van der Waals surface area contributed by atoms with E-state index in [4.69, 9.17) is 5.73 Å². The number of methoxy groups -OCH3 is 1. The Labute approximate surface area is 65.8 Å². The van der Waals surface area contributed by atoms with E-state index in [-0.39, 0.29) is 0 Å². The van der Waals surface area contributed by atoms with Crippen LogP contribution in [0, 0.1) is 0 Å². The zero-order valence-corrected chi connectivity index (χ0v) is 6.41. The van der Waals surface area contributed by atoms with Gasteiger partial charge in [0, 0.05) is 0 Å². The Morgan fingerprint density at radius 2 is 2.27 bits per heavy atom. The molecule has 0 saturated heterocycles. The standard InChI is InChI=1S/C8H11NO2/c1-3-4-7(5-6-9)8(10)11-2/h3-6H,1,9H2,2H3/b6-5-,7-4+. The number of carbonyl (C=O) groups excluding carboxylic acids is 1. The molecule has 0 spiro atoms. The van der Waals surface area contributed by atoms with Crippen LogP contribution in [0.25, 0.3) is 0 Å². The van der Waals surface area contributed by atoms with Gasteiger partial charge in [-0.1, -0.05) is 12.7 Å². The molecule has 0 aliphatic rings. The van der Waals surface area contributed by atoms with E-state index in [1.807, 2.05) is 0 Å². The molecule has 0 atom stereocenters. The summed E-state index contributed by atoms with van der Waals surface area (Å²) in [6.45, 7) is 3.44. The minimum absolute atomic E-state index is 0.380. The Balaban J connectivity index is 4.46. The summed E-state index contributed by atoms with van der Waals surface area (Å²) in [6, 6.07) is 0.